The molecular weight excluding hydrogens is 261 g/mol. The standard InChI is InChI=1S/C14H14FN3S/c15-11-7-9(14(16)17)1-2-12(11)18-5-3-13-10(8-18)4-6-19-13/h1-2,4,6-7H,3,5,8H2,(H3,16,17). The lowest BCUT2D eigenvalue weighted by atomic mass is 10.1. The van der Waals surface area contributed by atoms with E-state index in [1.165, 1.54) is 16.5 Å². The van der Waals surface area contributed by atoms with Crippen LogP contribution in [0.1, 0.15) is 16.0 Å². The Hall–Kier alpha value is -1.88. The first-order valence-corrected chi connectivity index (χ1v) is 6.97. The molecule has 98 valence electrons. The third-order valence-electron chi connectivity index (χ3n) is 3.41. The number of nitrogens with one attached hydrogen (secondary N) is 1. The van der Waals surface area contributed by atoms with E-state index >= 15 is 0 Å². The number of fused-ring (bicyclic) bond motifs is 1. The summed E-state index contributed by atoms with van der Waals surface area (Å²) in [5.74, 6) is -0.421. The number of anilines is 1. The summed E-state index contributed by atoms with van der Waals surface area (Å²) < 4.78 is 14.1. The minimum Gasteiger partial charge on any atom is -0.384 e. The Labute approximate surface area is 115 Å². The second-order valence-electron chi connectivity index (χ2n) is 4.62. The molecule has 3 rings (SSSR count). The number of hydrogen-bond donors (Lipinski definition) is 2. The number of nitrogens with zero attached hydrogens (tertiary/aromatic N) is 1. The fourth-order valence-corrected chi connectivity index (χ4v) is 3.27. The van der Waals surface area contributed by atoms with Gasteiger partial charge >= 0.3 is 0 Å². The monoisotopic (exact) mass is 275 g/mol. The zero-order valence-electron chi connectivity index (χ0n) is 10.3. The van der Waals surface area contributed by atoms with E-state index in [4.69, 9.17) is 11.1 Å². The molecule has 0 radical (unpaired) electrons. The molecule has 1 aliphatic heterocycles. The van der Waals surface area contributed by atoms with Crippen LogP contribution in [-0.4, -0.2) is 12.4 Å². The number of nitrogen functional groups attached to an aromatic ring is 1. The quantitative estimate of drug-likeness (QED) is 0.654. The van der Waals surface area contributed by atoms with E-state index in [1.54, 1.807) is 23.5 Å². The molecule has 1 aromatic heterocycles. The van der Waals surface area contributed by atoms with Gasteiger partial charge in [-0.05, 0) is 41.6 Å². The highest BCUT2D eigenvalue weighted by Gasteiger charge is 2.20. The third-order valence-corrected chi connectivity index (χ3v) is 4.43. The lowest BCUT2D eigenvalue weighted by Crippen LogP contribution is -2.30. The van der Waals surface area contributed by atoms with E-state index in [-0.39, 0.29) is 11.7 Å². The van der Waals surface area contributed by atoms with Crippen LogP contribution in [-0.2, 0) is 13.0 Å². The molecule has 0 bridgehead atoms. The SMILES string of the molecule is N=C(N)c1ccc(N2CCc3sccc3C2)c(F)c1. The van der Waals surface area contributed by atoms with Crippen LogP contribution in [0, 0.1) is 11.2 Å². The van der Waals surface area contributed by atoms with Crippen molar-refractivity contribution in [1.82, 2.24) is 0 Å². The summed E-state index contributed by atoms with van der Waals surface area (Å²) in [6.07, 6.45) is 0.959. The predicted octanol–water partition coefficient (Wildman–Crippen LogP) is 2.73. The highest BCUT2D eigenvalue weighted by atomic mass is 32.1. The minimum absolute atomic E-state index is 0.107. The van der Waals surface area contributed by atoms with Crippen LogP contribution in [0.15, 0.2) is 29.6 Å². The Morgan fingerprint density at radius 2 is 2.21 bits per heavy atom. The number of rotatable bonds is 2. The summed E-state index contributed by atoms with van der Waals surface area (Å²) in [6, 6.07) is 6.85. The zero-order valence-corrected chi connectivity index (χ0v) is 11.1. The fraction of sp³-hybridized carbons (Fsp3) is 0.214. The molecule has 0 saturated heterocycles. The van der Waals surface area contributed by atoms with Gasteiger partial charge in [0.25, 0.3) is 0 Å². The molecule has 1 aromatic carbocycles. The van der Waals surface area contributed by atoms with Crippen molar-refractivity contribution in [2.75, 3.05) is 11.4 Å². The molecular formula is C14H14FN3S. The van der Waals surface area contributed by atoms with Crippen LogP contribution in [0.25, 0.3) is 0 Å². The average Bonchev–Trinajstić information content (AvgIpc) is 2.85. The van der Waals surface area contributed by atoms with E-state index in [0.717, 1.165) is 19.5 Å². The van der Waals surface area contributed by atoms with Gasteiger partial charge in [-0.2, -0.15) is 0 Å². The summed E-state index contributed by atoms with van der Waals surface area (Å²) in [4.78, 5) is 3.44. The summed E-state index contributed by atoms with van der Waals surface area (Å²) in [5.41, 5.74) is 7.66. The molecule has 5 heteroatoms. The van der Waals surface area contributed by atoms with E-state index in [2.05, 4.69) is 11.4 Å². The third kappa shape index (κ3) is 2.21. The largest absolute Gasteiger partial charge is 0.384 e. The Bertz CT molecular complexity index is 635. The molecule has 0 unspecified atom stereocenters. The maximum absolute atomic E-state index is 14.1. The highest BCUT2D eigenvalue weighted by Crippen LogP contribution is 2.29. The average molecular weight is 275 g/mol. The summed E-state index contributed by atoms with van der Waals surface area (Å²) in [5, 5.41) is 9.41. The van der Waals surface area contributed by atoms with Gasteiger partial charge in [-0.3, -0.25) is 5.41 Å². The van der Waals surface area contributed by atoms with Gasteiger partial charge in [0.2, 0.25) is 0 Å². The molecule has 0 spiro atoms. The molecule has 0 aliphatic carbocycles. The highest BCUT2D eigenvalue weighted by molar-refractivity contribution is 7.10. The van der Waals surface area contributed by atoms with Crippen molar-refractivity contribution in [2.24, 2.45) is 5.73 Å². The maximum atomic E-state index is 14.1. The molecule has 0 saturated carbocycles. The molecule has 19 heavy (non-hydrogen) atoms. The molecule has 0 atom stereocenters. The summed E-state index contributed by atoms with van der Waals surface area (Å²) >= 11 is 1.77. The second kappa shape index (κ2) is 4.66. The lowest BCUT2D eigenvalue weighted by molar-refractivity contribution is 0.611. The normalized spacial score (nSPS) is 14.3. The van der Waals surface area contributed by atoms with Gasteiger partial charge in [-0.25, -0.2) is 4.39 Å². The van der Waals surface area contributed by atoms with Gasteiger partial charge in [-0.15, -0.1) is 11.3 Å². The van der Waals surface area contributed by atoms with Crippen molar-refractivity contribution in [3.8, 4) is 0 Å². The molecule has 1 aliphatic rings. The van der Waals surface area contributed by atoms with Gasteiger partial charge in [0.1, 0.15) is 11.7 Å². The van der Waals surface area contributed by atoms with Crippen molar-refractivity contribution in [3.05, 3.63) is 51.5 Å². The number of thiophene rings is 1. The maximum Gasteiger partial charge on any atom is 0.147 e. The van der Waals surface area contributed by atoms with E-state index in [0.29, 0.717) is 11.3 Å². The van der Waals surface area contributed by atoms with Gasteiger partial charge < -0.3 is 10.6 Å². The lowest BCUT2D eigenvalue weighted by Gasteiger charge is -2.29. The van der Waals surface area contributed by atoms with Crippen molar-refractivity contribution in [3.63, 3.8) is 0 Å². The Kier molecular flexibility index (Phi) is 2.98. The Morgan fingerprint density at radius 1 is 1.37 bits per heavy atom. The van der Waals surface area contributed by atoms with Crippen LogP contribution >= 0.6 is 11.3 Å². The molecule has 0 fully saturated rings. The van der Waals surface area contributed by atoms with Crippen LogP contribution < -0.4 is 10.6 Å². The first-order valence-electron chi connectivity index (χ1n) is 6.09. The topological polar surface area (TPSA) is 53.1 Å². The zero-order chi connectivity index (χ0) is 13.4. The first kappa shape index (κ1) is 12.2. The minimum atomic E-state index is -0.314. The number of benzene rings is 1. The number of nitrogens with two attached hydrogens (primary N) is 1. The van der Waals surface area contributed by atoms with Crippen molar-refractivity contribution in [2.45, 2.75) is 13.0 Å². The smallest absolute Gasteiger partial charge is 0.147 e. The second-order valence-corrected chi connectivity index (χ2v) is 5.62. The van der Waals surface area contributed by atoms with E-state index < -0.39 is 0 Å². The van der Waals surface area contributed by atoms with Crippen LogP contribution in [0.3, 0.4) is 0 Å². The van der Waals surface area contributed by atoms with Gasteiger partial charge in [0.15, 0.2) is 0 Å². The predicted molar refractivity (Wildman–Crippen MR) is 76.5 cm³/mol. The van der Waals surface area contributed by atoms with Crippen LogP contribution in [0.5, 0.6) is 0 Å². The summed E-state index contributed by atoms with van der Waals surface area (Å²) in [6.45, 7) is 1.57. The van der Waals surface area contributed by atoms with E-state index in [9.17, 15) is 4.39 Å². The van der Waals surface area contributed by atoms with Crippen LogP contribution in [0.4, 0.5) is 10.1 Å². The number of amidine groups is 1. The first-order chi connectivity index (χ1) is 9.15. The molecule has 3 N–H and O–H groups in total. The fourth-order valence-electron chi connectivity index (χ4n) is 2.38. The van der Waals surface area contributed by atoms with Gasteiger partial charge in [0, 0.05) is 23.5 Å². The Morgan fingerprint density at radius 3 is 2.95 bits per heavy atom. The van der Waals surface area contributed by atoms with E-state index in [1.807, 2.05) is 4.90 Å². The van der Waals surface area contributed by atoms with Crippen molar-refractivity contribution in [1.29, 1.82) is 5.41 Å². The summed E-state index contributed by atoms with van der Waals surface area (Å²) in [7, 11) is 0. The molecule has 3 nitrogen and oxygen atoms in total. The number of halogens is 1. The van der Waals surface area contributed by atoms with Gasteiger partial charge in [0.05, 0.1) is 5.69 Å². The van der Waals surface area contributed by atoms with Crippen molar-refractivity contribution >= 4 is 22.9 Å². The molecule has 2 aromatic rings. The van der Waals surface area contributed by atoms with Crippen LogP contribution in [0.2, 0.25) is 0 Å². The van der Waals surface area contributed by atoms with Crippen molar-refractivity contribution < 1.29 is 4.39 Å². The molecule has 2 heterocycles. The Balaban J connectivity index is 1.90. The van der Waals surface area contributed by atoms with Gasteiger partial charge in [-0.1, -0.05) is 0 Å². The number of hydrogen-bond acceptors (Lipinski definition) is 3. The molecule has 0 amide bonds.